The van der Waals surface area contributed by atoms with Gasteiger partial charge in [-0.25, -0.2) is 0 Å². The Morgan fingerprint density at radius 1 is 1.23 bits per heavy atom. The quantitative estimate of drug-likeness (QED) is 0.417. The van der Waals surface area contributed by atoms with Crippen molar-refractivity contribution in [2.45, 2.75) is 6.42 Å². The highest BCUT2D eigenvalue weighted by molar-refractivity contribution is 9.09. The van der Waals surface area contributed by atoms with Crippen molar-refractivity contribution in [1.82, 2.24) is 10.6 Å². The summed E-state index contributed by atoms with van der Waals surface area (Å²) in [4.78, 5) is 21.6. The lowest BCUT2D eigenvalue weighted by molar-refractivity contribution is -0.124. The summed E-state index contributed by atoms with van der Waals surface area (Å²) in [7, 11) is 0. The first kappa shape index (κ1) is 12.4. The van der Waals surface area contributed by atoms with Crippen LogP contribution in [0.5, 0.6) is 0 Å². The Bertz CT molecular complexity index is 175. The van der Waals surface area contributed by atoms with Gasteiger partial charge >= 0.3 is 0 Å². The molecule has 0 bridgehead atoms. The van der Waals surface area contributed by atoms with Crippen molar-refractivity contribution in [3.05, 3.63) is 0 Å². The predicted octanol–water partition coefficient (Wildman–Crippen LogP) is -1.04. The first-order chi connectivity index (χ1) is 6.20. The number of carbonyl (C=O) groups is 2. The van der Waals surface area contributed by atoms with Crippen LogP contribution in [0.1, 0.15) is 6.42 Å². The van der Waals surface area contributed by atoms with Crippen LogP contribution in [-0.2, 0) is 9.59 Å². The molecule has 2 amide bonds. The Hall–Kier alpha value is -0.620. The van der Waals surface area contributed by atoms with Crippen molar-refractivity contribution in [3.8, 4) is 0 Å². The zero-order valence-electron chi connectivity index (χ0n) is 7.31. The van der Waals surface area contributed by atoms with E-state index in [2.05, 4.69) is 26.6 Å². The molecule has 0 saturated heterocycles. The molecule has 0 unspecified atom stereocenters. The van der Waals surface area contributed by atoms with E-state index in [1.54, 1.807) is 0 Å². The number of amides is 2. The van der Waals surface area contributed by atoms with E-state index in [9.17, 15) is 9.59 Å². The Balaban J connectivity index is 3.35. The van der Waals surface area contributed by atoms with Crippen LogP contribution in [0.25, 0.3) is 0 Å². The van der Waals surface area contributed by atoms with Gasteiger partial charge in [-0.15, -0.1) is 0 Å². The van der Waals surface area contributed by atoms with Gasteiger partial charge in [0, 0.05) is 6.54 Å². The van der Waals surface area contributed by atoms with Gasteiger partial charge in [0.1, 0.15) is 0 Å². The van der Waals surface area contributed by atoms with Crippen molar-refractivity contribution in [2.75, 3.05) is 25.0 Å². The number of carbonyl (C=O) groups excluding carboxylic acids is 2. The molecule has 0 rings (SSSR count). The maximum absolute atomic E-state index is 11.0. The molecule has 0 heterocycles. The fourth-order valence-electron chi connectivity index (χ4n) is 0.618. The summed E-state index contributed by atoms with van der Waals surface area (Å²) in [6, 6.07) is 0. The summed E-state index contributed by atoms with van der Waals surface area (Å²) in [5.74, 6) is -0.392. The zero-order valence-corrected chi connectivity index (χ0v) is 8.89. The largest absolute Gasteiger partial charge is 0.355 e. The minimum absolute atomic E-state index is 0.0228. The first-order valence-electron chi connectivity index (χ1n) is 4.00. The monoisotopic (exact) mass is 251 g/mol. The van der Waals surface area contributed by atoms with E-state index >= 15 is 0 Å². The van der Waals surface area contributed by atoms with Crippen molar-refractivity contribution in [1.29, 1.82) is 0 Å². The lowest BCUT2D eigenvalue weighted by Gasteiger charge is -2.04. The third-order valence-corrected chi connectivity index (χ3v) is 1.78. The van der Waals surface area contributed by atoms with Gasteiger partial charge in [0.25, 0.3) is 0 Å². The molecule has 0 saturated carbocycles. The zero-order chi connectivity index (χ0) is 10.1. The van der Waals surface area contributed by atoms with Crippen LogP contribution in [0.3, 0.4) is 0 Å². The van der Waals surface area contributed by atoms with E-state index < -0.39 is 0 Å². The molecule has 0 radical (unpaired) electrons. The van der Waals surface area contributed by atoms with Crippen molar-refractivity contribution < 1.29 is 9.59 Å². The number of nitrogens with two attached hydrogens (primary N) is 1. The Labute approximate surface area is 85.6 Å². The second-order valence-electron chi connectivity index (χ2n) is 2.40. The van der Waals surface area contributed by atoms with Crippen molar-refractivity contribution in [3.63, 3.8) is 0 Å². The van der Waals surface area contributed by atoms with E-state index in [4.69, 9.17) is 5.73 Å². The number of hydrogen-bond donors (Lipinski definition) is 3. The second-order valence-corrected chi connectivity index (χ2v) is 2.96. The Morgan fingerprint density at radius 3 is 2.46 bits per heavy atom. The summed E-state index contributed by atoms with van der Waals surface area (Å²) in [6.07, 6.45) is 0.748. The van der Waals surface area contributed by atoms with Crippen LogP contribution in [-0.4, -0.2) is 36.8 Å². The van der Waals surface area contributed by atoms with Gasteiger partial charge < -0.3 is 16.4 Å². The van der Waals surface area contributed by atoms with Crippen LogP contribution in [0, 0.1) is 0 Å². The van der Waals surface area contributed by atoms with E-state index in [1.807, 2.05) is 0 Å². The first-order valence-corrected chi connectivity index (χ1v) is 5.12. The fourth-order valence-corrected chi connectivity index (χ4v) is 0.817. The minimum Gasteiger partial charge on any atom is -0.355 e. The summed E-state index contributed by atoms with van der Waals surface area (Å²) < 4.78 is 0. The van der Waals surface area contributed by atoms with Gasteiger partial charge in [0.05, 0.1) is 11.9 Å². The minimum atomic E-state index is -0.200. The predicted molar refractivity (Wildman–Crippen MR) is 53.5 cm³/mol. The van der Waals surface area contributed by atoms with Crippen molar-refractivity contribution >= 4 is 27.7 Å². The Morgan fingerprint density at radius 2 is 1.92 bits per heavy atom. The molecular formula is C7H14BrN3O2. The second kappa shape index (κ2) is 8.00. The highest BCUT2D eigenvalue weighted by Gasteiger charge is 2.02. The maximum Gasteiger partial charge on any atom is 0.239 e. The molecule has 0 spiro atoms. The molecule has 4 N–H and O–H groups in total. The van der Waals surface area contributed by atoms with E-state index in [-0.39, 0.29) is 23.7 Å². The molecule has 13 heavy (non-hydrogen) atoms. The van der Waals surface area contributed by atoms with Gasteiger partial charge in [0.15, 0.2) is 0 Å². The molecule has 0 fully saturated rings. The molecule has 0 aromatic heterocycles. The van der Waals surface area contributed by atoms with E-state index in [0.29, 0.717) is 13.1 Å². The van der Waals surface area contributed by atoms with Crippen LogP contribution >= 0.6 is 15.9 Å². The average molecular weight is 252 g/mol. The number of alkyl halides is 1. The molecule has 0 aliphatic heterocycles. The van der Waals surface area contributed by atoms with Crippen LogP contribution in [0.4, 0.5) is 0 Å². The number of halogens is 1. The summed E-state index contributed by atoms with van der Waals surface area (Å²) in [5, 5.41) is 5.26. The smallest absolute Gasteiger partial charge is 0.239 e. The van der Waals surface area contributed by atoms with Crippen LogP contribution in [0.2, 0.25) is 0 Å². The standard InChI is InChI=1S/C7H14BrN3O2/c8-4-6(12)11-5-7(13)10-3-1-2-9/h1-5,9H2,(H,10,13)(H,11,12). The Kier molecular flexibility index (Phi) is 7.62. The SMILES string of the molecule is NCCCNC(=O)CNC(=O)CBr. The topological polar surface area (TPSA) is 84.2 Å². The summed E-state index contributed by atoms with van der Waals surface area (Å²) in [5.41, 5.74) is 5.23. The lowest BCUT2D eigenvalue weighted by atomic mass is 10.4. The normalized spacial score (nSPS) is 9.38. The van der Waals surface area contributed by atoms with Gasteiger partial charge in [-0.3, -0.25) is 9.59 Å². The van der Waals surface area contributed by atoms with Crippen LogP contribution in [0.15, 0.2) is 0 Å². The van der Waals surface area contributed by atoms with Gasteiger partial charge in [-0.05, 0) is 13.0 Å². The van der Waals surface area contributed by atoms with Gasteiger partial charge in [-0.2, -0.15) is 0 Å². The molecular weight excluding hydrogens is 238 g/mol. The summed E-state index contributed by atoms with van der Waals surface area (Å²) in [6.45, 7) is 1.13. The highest BCUT2D eigenvalue weighted by atomic mass is 79.9. The summed E-state index contributed by atoms with van der Waals surface area (Å²) >= 11 is 2.97. The van der Waals surface area contributed by atoms with Gasteiger partial charge in [-0.1, -0.05) is 15.9 Å². The number of nitrogens with one attached hydrogen (secondary N) is 2. The van der Waals surface area contributed by atoms with E-state index in [0.717, 1.165) is 6.42 Å². The lowest BCUT2D eigenvalue weighted by Crippen LogP contribution is -2.38. The number of rotatable bonds is 6. The third-order valence-electron chi connectivity index (χ3n) is 1.27. The van der Waals surface area contributed by atoms with Crippen LogP contribution < -0.4 is 16.4 Å². The molecule has 0 aromatic rings. The van der Waals surface area contributed by atoms with Gasteiger partial charge in [0.2, 0.25) is 11.8 Å². The van der Waals surface area contributed by atoms with Crippen molar-refractivity contribution in [2.24, 2.45) is 5.73 Å². The molecule has 0 aliphatic rings. The fraction of sp³-hybridized carbons (Fsp3) is 0.714. The molecule has 6 heteroatoms. The average Bonchev–Trinajstić information content (AvgIpc) is 2.14. The molecule has 5 nitrogen and oxygen atoms in total. The molecule has 0 aromatic carbocycles. The molecule has 76 valence electrons. The highest BCUT2D eigenvalue weighted by Crippen LogP contribution is 1.77. The maximum atomic E-state index is 11.0. The number of hydrogen-bond acceptors (Lipinski definition) is 3. The molecule has 0 aliphatic carbocycles. The third kappa shape index (κ3) is 7.73. The van der Waals surface area contributed by atoms with E-state index in [1.165, 1.54) is 0 Å². The molecule has 0 atom stereocenters.